The van der Waals surface area contributed by atoms with Crippen molar-refractivity contribution in [3.8, 4) is 5.88 Å². The van der Waals surface area contributed by atoms with Crippen LogP contribution in [0.5, 0.6) is 5.88 Å². The van der Waals surface area contributed by atoms with E-state index < -0.39 is 0 Å². The minimum absolute atomic E-state index is 0.00744. The number of carbonyl (C=O) groups is 1. The van der Waals surface area contributed by atoms with Gasteiger partial charge in [0.25, 0.3) is 5.91 Å². The fraction of sp³-hybridized carbons (Fsp3) is 0.300. The van der Waals surface area contributed by atoms with E-state index in [1.165, 1.54) is 6.07 Å². The highest BCUT2D eigenvalue weighted by molar-refractivity contribution is 5.93. The van der Waals surface area contributed by atoms with Gasteiger partial charge in [-0.15, -0.1) is 0 Å². The van der Waals surface area contributed by atoms with Gasteiger partial charge in [0.1, 0.15) is 17.5 Å². The number of nitrogens with zero attached hydrogens (tertiary/aromatic N) is 3. The zero-order valence-corrected chi connectivity index (χ0v) is 14.9. The number of carbonyl (C=O) groups excluding carboxylic acids is 1. The van der Waals surface area contributed by atoms with Crippen LogP contribution in [0.2, 0.25) is 0 Å². The van der Waals surface area contributed by atoms with Gasteiger partial charge in [0.2, 0.25) is 5.88 Å². The van der Waals surface area contributed by atoms with Crippen LogP contribution in [0.3, 0.4) is 0 Å². The summed E-state index contributed by atoms with van der Waals surface area (Å²) in [6.45, 7) is 2.87. The van der Waals surface area contributed by atoms with Crippen LogP contribution in [0.1, 0.15) is 29.2 Å². The lowest BCUT2D eigenvalue weighted by molar-refractivity contribution is 0.0559. The fourth-order valence-corrected chi connectivity index (χ4v) is 3.21. The maximum absolute atomic E-state index is 12.7. The summed E-state index contributed by atoms with van der Waals surface area (Å²) in [7, 11) is 0. The van der Waals surface area contributed by atoms with Crippen LogP contribution in [0.25, 0.3) is 11.0 Å². The second-order valence-corrected chi connectivity index (χ2v) is 6.52. The van der Waals surface area contributed by atoms with E-state index in [1.807, 2.05) is 6.92 Å². The zero-order chi connectivity index (χ0) is 18.8. The van der Waals surface area contributed by atoms with E-state index in [2.05, 4.69) is 9.97 Å². The van der Waals surface area contributed by atoms with E-state index in [4.69, 9.17) is 9.15 Å². The number of amides is 1. The lowest BCUT2D eigenvalue weighted by Gasteiger charge is -2.31. The Morgan fingerprint density at radius 2 is 2.00 bits per heavy atom. The van der Waals surface area contributed by atoms with Gasteiger partial charge >= 0.3 is 0 Å². The molecule has 7 nitrogen and oxygen atoms in total. The molecule has 2 aromatic heterocycles. The number of likely N-dealkylation sites (tertiary alicyclic amines) is 1. The molecule has 0 bridgehead atoms. The van der Waals surface area contributed by atoms with E-state index in [0.717, 1.165) is 0 Å². The van der Waals surface area contributed by atoms with Crippen LogP contribution < -0.4 is 10.2 Å². The third-order valence-electron chi connectivity index (χ3n) is 4.61. The number of ether oxygens (including phenoxy) is 1. The monoisotopic (exact) mass is 365 g/mol. The van der Waals surface area contributed by atoms with Crippen molar-refractivity contribution in [3.63, 3.8) is 0 Å². The Kier molecular flexibility index (Phi) is 4.58. The molecular formula is C20H19N3O4. The molecule has 1 aliphatic rings. The van der Waals surface area contributed by atoms with Crippen LogP contribution in [-0.4, -0.2) is 40.0 Å². The smallest absolute Gasteiger partial charge is 0.289 e. The highest BCUT2D eigenvalue weighted by Gasteiger charge is 2.26. The summed E-state index contributed by atoms with van der Waals surface area (Å²) in [5, 5.41) is 0.473. The maximum atomic E-state index is 12.7. The summed E-state index contributed by atoms with van der Waals surface area (Å²) in [5.74, 6) is 1.01. The molecule has 1 fully saturated rings. The lowest BCUT2D eigenvalue weighted by Crippen LogP contribution is -2.42. The molecule has 1 saturated heterocycles. The second kappa shape index (κ2) is 7.19. The summed E-state index contributed by atoms with van der Waals surface area (Å²) in [6.07, 6.45) is 3.03. The molecule has 0 radical (unpaired) electrons. The van der Waals surface area contributed by atoms with Crippen molar-refractivity contribution in [2.45, 2.75) is 25.9 Å². The minimum Gasteiger partial charge on any atom is -0.474 e. The van der Waals surface area contributed by atoms with Gasteiger partial charge in [-0.05, 0) is 19.1 Å². The molecule has 0 aliphatic carbocycles. The molecule has 1 amide bonds. The number of fused-ring (bicyclic) bond motifs is 1. The lowest BCUT2D eigenvalue weighted by atomic mass is 10.1. The van der Waals surface area contributed by atoms with Gasteiger partial charge in [-0.25, -0.2) is 4.98 Å². The van der Waals surface area contributed by atoms with Gasteiger partial charge in [0.05, 0.1) is 5.39 Å². The van der Waals surface area contributed by atoms with Crippen molar-refractivity contribution in [3.05, 3.63) is 64.4 Å². The third kappa shape index (κ3) is 3.67. The summed E-state index contributed by atoms with van der Waals surface area (Å²) in [5.41, 5.74) is 0.211. The number of aryl methyl sites for hydroxylation is 1. The molecule has 138 valence electrons. The molecule has 0 atom stereocenters. The number of hydrogen-bond acceptors (Lipinski definition) is 6. The van der Waals surface area contributed by atoms with Crippen molar-refractivity contribution in [2.24, 2.45) is 0 Å². The molecule has 3 aromatic rings. The van der Waals surface area contributed by atoms with Gasteiger partial charge in [-0.3, -0.25) is 9.59 Å². The van der Waals surface area contributed by atoms with E-state index in [-0.39, 0.29) is 23.2 Å². The van der Waals surface area contributed by atoms with Crippen LogP contribution in [0.4, 0.5) is 0 Å². The Bertz CT molecular complexity index is 1040. The van der Waals surface area contributed by atoms with E-state index in [1.54, 1.807) is 41.4 Å². The first-order chi connectivity index (χ1) is 13.1. The number of rotatable bonds is 3. The Hall–Kier alpha value is -3.22. The van der Waals surface area contributed by atoms with Crippen LogP contribution >= 0.6 is 0 Å². The third-order valence-corrected chi connectivity index (χ3v) is 4.61. The quantitative estimate of drug-likeness (QED) is 0.709. The Balaban J connectivity index is 1.43. The summed E-state index contributed by atoms with van der Waals surface area (Å²) < 4.78 is 11.5. The highest BCUT2D eigenvalue weighted by Crippen LogP contribution is 2.20. The van der Waals surface area contributed by atoms with Gasteiger partial charge in [-0.1, -0.05) is 12.1 Å². The first-order valence-electron chi connectivity index (χ1n) is 8.88. The SMILES string of the molecule is Cc1nccc(OC2CCN(C(=O)c3cc(=O)c4ccccc4o3)CC2)n1. The summed E-state index contributed by atoms with van der Waals surface area (Å²) in [4.78, 5) is 34.9. The van der Waals surface area contributed by atoms with E-state index >= 15 is 0 Å². The van der Waals surface area contributed by atoms with Gasteiger partial charge in [0.15, 0.2) is 11.2 Å². The Labute approximate surface area is 155 Å². The van der Waals surface area contributed by atoms with Crippen LogP contribution in [0.15, 0.2) is 51.8 Å². The van der Waals surface area contributed by atoms with Crippen molar-refractivity contribution in [1.82, 2.24) is 14.9 Å². The first kappa shape index (κ1) is 17.2. The molecule has 4 rings (SSSR count). The zero-order valence-electron chi connectivity index (χ0n) is 14.9. The van der Waals surface area contributed by atoms with Crippen LogP contribution in [0, 0.1) is 6.92 Å². The van der Waals surface area contributed by atoms with Crippen molar-refractivity contribution < 1.29 is 13.9 Å². The average Bonchev–Trinajstić information content (AvgIpc) is 2.68. The normalized spacial score (nSPS) is 15.1. The molecule has 0 saturated carbocycles. The fourth-order valence-electron chi connectivity index (χ4n) is 3.21. The predicted molar refractivity (Wildman–Crippen MR) is 98.8 cm³/mol. The molecular weight excluding hydrogens is 346 g/mol. The molecule has 0 N–H and O–H groups in total. The largest absolute Gasteiger partial charge is 0.474 e. The maximum Gasteiger partial charge on any atom is 0.289 e. The molecule has 1 aliphatic heterocycles. The van der Waals surface area contributed by atoms with Crippen LogP contribution in [-0.2, 0) is 0 Å². The molecule has 27 heavy (non-hydrogen) atoms. The minimum atomic E-state index is -0.269. The topological polar surface area (TPSA) is 85.5 Å². The molecule has 3 heterocycles. The number of hydrogen-bond donors (Lipinski definition) is 0. The predicted octanol–water partition coefficient (Wildman–Crippen LogP) is 2.58. The highest BCUT2D eigenvalue weighted by atomic mass is 16.5. The van der Waals surface area contributed by atoms with E-state index in [9.17, 15) is 9.59 Å². The van der Waals surface area contributed by atoms with Gasteiger partial charge < -0.3 is 14.1 Å². The van der Waals surface area contributed by atoms with Gasteiger partial charge in [0, 0.05) is 44.3 Å². The Morgan fingerprint density at radius 3 is 2.78 bits per heavy atom. The number of benzene rings is 1. The number of piperidine rings is 1. The first-order valence-corrected chi connectivity index (χ1v) is 8.88. The standard InChI is InChI=1S/C20H19N3O4/c1-13-21-9-6-19(22-13)26-14-7-10-23(11-8-14)20(25)18-12-16(24)15-4-2-3-5-17(15)27-18/h2-6,9,12,14H,7-8,10-11H2,1H3. The van der Waals surface area contributed by atoms with Gasteiger partial charge in [-0.2, -0.15) is 4.98 Å². The summed E-state index contributed by atoms with van der Waals surface area (Å²) in [6, 6.07) is 9.93. The second-order valence-electron chi connectivity index (χ2n) is 6.52. The van der Waals surface area contributed by atoms with Crippen molar-refractivity contribution in [2.75, 3.05) is 13.1 Å². The van der Waals surface area contributed by atoms with E-state index in [0.29, 0.717) is 48.6 Å². The summed E-state index contributed by atoms with van der Waals surface area (Å²) >= 11 is 0. The number of aromatic nitrogens is 2. The number of para-hydroxylation sites is 1. The van der Waals surface area contributed by atoms with Crippen molar-refractivity contribution in [1.29, 1.82) is 0 Å². The van der Waals surface area contributed by atoms with Crippen molar-refractivity contribution >= 4 is 16.9 Å². The molecule has 0 spiro atoms. The average molecular weight is 365 g/mol. The Morgan fingerprint density at radius 1 is 1.22 bits per heavy atom. The molecule has 0 unspecified atom stereocenters. The molecule has 1 aromatic carbocycles. The molecule has 7 heteroatoms.